The minimum Gasteiger partial charge on any atom is -0.396 e. The first-order valence-corrected chi connectivity index (χ1v) is 5.33. The van der Waals surface area contributed by atoms with Crippen LogP contribution in [0.15, 0.2) is 4.79 Å². The fourth-order valence-electron chi connectivity index (χ4n) is 1.59. The van der Waals surface area contributed by atoms with Crippen LogP contribution in [0.5, 0.6) is 0 Å². The van der Waals surface area contributed by atoms with Gasteiger partial charge in [-0.3, -0.25) is 4.98 Å². The monoisotopic (exact) mass is 225 g/mol. The third kappa shape index (κ3) is 1.62. The lowest BCUT2D eigenvalue weighted by Crippen LogP contribution is -2.11. The third-order valence-corrected chi connectivity index (χ3v) is 3.55. The maximum absolute atomic E-state index is 11.1. The molecule has 5 nitrogen and oxygen atoms in total. The molecule has 0 unspecified atom stereocenters. The zero-order valence-corrected chi connectivity index (χ0v) is 9.02. The molecule has 6 heteroatoms. The second kappa shape index (κ2) is 3.63. The summed E-state index contributed by atoms with van der Waals surface area (Å²) in [6.07, 6.45) is 0.576. The van der Waals surface area contributed by atoms with Gasteiger partial charge in [-0.2, -0.15) is 4.98 Å². The molecule has 0 saturated carbocycles. The molecule has 80 valence electrons. The predicted octanol–water partition coefficient (Wildman–Crippen LogP) is 0.410. The highest BCUT2D eigenvalue weighted by atomic mass is 32.1. The van der Waals surface area contributed by atoms with E-state index in [1.54, 1.807) is 0 Å². The van der Waals surface area contributed by atoms with Crippen molar-refractivity contribution in [3.05, 3.63) is 20.9 Å². The summed E-state index contributed by atoms with van der Waals surface area (Å²) in [6, 6.07) is 0. The summed E-state index contributed by atoms with van der Waals surface area (Å²) in [7, 11) is 0. The van der Waals surface area contributed by atoms with E-state index in [4.69, 9.17) is 10.8 Å². The molecule has 4 N–H and O–H groups in total. The minimum atomic E-state index is -0.434. The summed E-state index contributed by atoms with van der Waals surface area (Å²) in [4.78, 5) is 19.1. The Morgan fingerprint density at radius 3 is 3.00 bits per heavy atom. The molecule has 2 aromatic rings. The first-order valence-electron chi connectivity index (χ1n) is 4.52. The molecule has 0 aliphatic carbocycles. The number of nitrogens with two attached hydrogens (primary N) is 1. The average Bonchev–Trinajstić information content (AvgIpc) is 2.43. The molecular weight excluding hydrogens is 214 g/mol. The number of fused-ring (bicyclic) bond motifs is 1. The van der Waals surface area contributed by atoms with Crippen LogP contribution in [0.4, 0.5) is 5.82 Å². The summed E-state index contributed by atoms with van der Waals surface area (Å²) < 4.78 is 0. The fraction of sp³-hybridized carbons (Fsp3) is 0.333. The maximum Gasteiger partial charge on any atom is 0.347 e. The number of nitrogen functional groups attached to an aromatic ring is 1. The van der Waals surface area contributed by atoms with Gasteiger partial charge in [0.1, 0.15) is 10.6 Å². The summed E-state index contributed by atoms with van der Waals surface area (Å²) in [5.41, 5.74) is 6.24. The molecule has 2 aromatic heterocycles. The van der Waals surface area contributed by atoms with Gasteiger partial charge >= 0.3 is 5.69 Å². The number of nitrogens with zero attached hydrogens (tertiary/aromatic N) is 1. The highest BCUT2D eigenvalue weighted by Gasteiger charge is 2.12. The van der Waals surface area contributed by atoms with Crippen molar-refractivity contribution in [2.24, 2.45) is 0 Å². The number of rotatable bonds is 2. The van der Waals surface area contributed by atoms with Gasteiger partial charge in [-0.05, 0) is 12.5 Å². The molecule has 0 aromatic carbocycles. The standard InChI is InChI=1S/C9H11N3O2S/c1-4-5(2-3-13)15-8-6(4)7(10)11-9(14)12-8/h13H,2-3H2,1H3,(H3,10,11,12,14). The highest BCUT2D eigenvalue weighted by Crippen LogP contribution is 2.31. The second-order valence-corrected chi connectivity index (χ2v) is 4.36. The van der Waals surface area contributed by atoms with Crippen LogP contribution in [0, 0.1) is 6.92 Å². The van der Waals surface area contributed by atoms with Crippen LogP contribution in [0.25, 0.3) is 10.2 Å². The quantitative estimate of drug-likeness (QED) is 0.690. The summed E-state index contributed by atoms with van der Waals surface area (Å²) >= 11 is 1.44. The Labute approximate surface area is 89.6 Å². The van der Waals surface area contributed by atoms with Gasteiger partial charge in [-0.25, -0.2) is 4.79 Å². The topological polar surface area (TPSA) is 92.0 Å². The number of aryl methyl sites for hydroxylation is 1. The largest absolute Gasteiger partial charge is 0.396 e. The smallest absolute Gasteiger partial charge is 0.347 e. The van der Waals surface area contributed by atoms with Crippen LogP contribution < -0.4 is 11.4 Å². The number of aromatic amines is 1. The number of aliphatic hydroxyl groups is 1. The molecule has 0 saturated heterocycles. The molecule has 0 aliphatic heterocycles. The van der Waals surface area contributed by atoms with Crippen molar-refractivity contribution in [3.63, 3.8) is 0 Å². The summed E-state index contributed by atoms with van der Waals surface area (Å²) in [5.74, 6) is 0.256. The lowest BCUT2D eigenvalue weighted by Gasteiger charge is -1.96. The molecule has 0 aliphatic rings. The number of aromatic nitrogens is 2. The van der Waals surface area contributed by atoms with Crippen LogP contribution in [0.2, 0.25) is 0 Å². The number of aliphatic hydroxyl groups excluding tert-OH is 1. The van der Waals surface area contributed by atoms with Crippen molar-refractivity contribution in [3.8, 4) is 0 Å². The van der Waals surface area contributed by atoms with E-state index in [9.17, 15) is 4.79 Å². The summed E-state index contributed by atoms with van der Waals surface area (Å²) in [6.45, 7) is 2.01. The van der Waals surface area contributed by atoms with E-state index >= 15 is 0 Å². The Hall–Kier alpha value is -1.40. The van der Waals surface area contributed by atoms with Gasteiger partial charge in [0, 0.05) is 17.9 Å². The lowest BCUT2D eigenvalue weighted by atomic mass is 10.2. The lowest BCUT2D eigenvalue weighted by molar-refractivity contribution is 0.300. The molecule has 2 heterocycles. The van der Waals surface area contributed by atoms with Crippen molar-refractivity contribution in [2.75, 3.05) is 12.3 Å². The van der Waals surface area contributed by atoms with Crippen molar-refractivity contribution >= 4 is 27.4 Å². The van der Waals surface area contributed by atoms with Crippen LogP contribution >= 0.6 is 11.3 Å². The van der Waals surface area contributed by atoms with Gasteiger partial charge in [0.25, 0.3) is 0 Å². The van der Waals surface area contributed by atoms with Crippen LogP contribution in [0.3, 0.4) is 0 Å². The zero-order valence-electron chi connectivity index (χ0n) is 8.20. The highest BCUT2D eigenvalue weighted by molar-refractivity contribution is 7.18. The van der Waals surface area contributed by atoms with E-state index in [-0.39, 0.29) is 12.4 Å². The Morgan fingerprint density at radius 1 is 1.60 bits per heavy atom. The molecule has 15 heavy (non-hydrogen) atoms. The number of nitrogens with one attached hydrogen (secondary N) is 1. The zero-order chi connectivity index (χ0) is 11.0. The Balaban J connectivity index is 2.76. The molecule has 0 fully saturated rings. The number of hydrogen-bond acceptors (Lipinski definition) is 5. The van der Waals surface area contributed by atoms with Crippen molar-refractivity contribution in [1.29, 1.82) is 0 Å². The van der Waals surface area contributed by atoms with Gasteiger partial charge < -0.3 is 10.8 Å². The number of anilines is 1. The van der Waals surface area contributed by atoms with Crippen molar-refractivity contribution < 1.29 is 5.11 Å². The average molecular weight is 225 g/mol. The van der Waals surface area contributed by atoms with E-state index in [1.807, 2.05) is 6.92 Å². The van der Waals surface area contributed by atoms with E-state index in [0.717, 1.165) is 20.7 Å². The number of hydrogen-bond donors (Lipinski definition) is 3. The number of thiophene rings is 1. The van der Waals surface area contributed by atoms with E-state index in [1.165, 1.54) is 11.3 Å². The minimum absolute atomic E-state index is 0.0885. The van der Waals surface area contributed by atoms with E-state index < -0.39 is 5.69 Å². The normalized spacial score (nSPS) is 11.1. The predicted molar refractivity (Wildman–Crippen MR) is 60.2 cm³/mol. The molecule has 0 radical (unpaired) electrons. The second-order valence-electron chi connectivity index (χ2n) is 3.26. The molecular formula is C9H11N3O2S. The van der Waals surface area contributed by atoms with Gasteiger partial charge in [-0.1, -0.05) is 0 Å². The first kappa shape index (κ1) is 10.1. The SMILES string of the molecule is Cc1c(CCO)sc2[nH]c(=O)nc(N)c12. The first-order chi connectivity index (χ1) is 7.13. The Kier molecular flexibility index (Phi) is 2.45. The molecule has 2 rings (SSSR count). The molecule has 0 atom stereocenters. The maximum atomic E-state index is 11.1. The van der Waals surface area contributed by atoms with Crippen LogP contribution in [-0.2, 0) is 6.42 Å². The van der Waals surface area contributed by atoms with Gasteiger partial charge in [0.15, 0.2) is 0 Å². The number of H-pyrrole nitrogens is 1. The molecule has 0 spiro atoms. The Morgan fingerprint density at radius 2 is 2.33 bits per heavy atom. The fourth-order valence-corrected chi connectivity index (χ4v) is 2.78. The van der Waals surface area contributed by atoms with Crippen LogP contribution in [0.1, 0.15) is 10.4 Å². The third-order valence-electron chi connectivity index (χ3n) is 2.28. The van der Waals surface area contributed by atoms with E-state index in [2.05, 4.69) is 9.97 Å². The molecule has 0 amide bonds. The van der Waals surface area contributed by atoms with E-state index in [0.29, 0.717) is 6.42 Å². The van der Waals surface area contributed by atoms with Gasteiger partial charge in [-0.15, -0.1) is 11.3 Å². The Bertz CT molecular complexity index is 558. The van der Waals surface area contributed by atoms with Gasteiger partial charge in [0.2, 0.25) is 0 Å². The molecule has 0 bridgehead atoms. The van der Waals surface area contributed by atoms with Crippen LogP contribution in [-0.4, -0.2) is 21.7 Å². The summed E-state index contributed by atoms with van der Waals surface area (Å²) in [5, 5.41) is 9.68. The van der Waals surface area contributed by atoms with Crippen molar-refractivity contribution in [2.45, 2.75) is 13.3 Å². The van der Waals surface area contributed by atoms with Crippen molar-refractivity contribution in [1.82, 2.24) is 9.97 Å². The van der Waals surface area contributed by atoms with Gasteiger partial charge in [0.05, 0.1) is 5.39 Å².